The number of hydrogen-bond donors (Lipinski definition) is 0. The zero-order valence-corrected chi connectivity index (χ0v) is 20.2. The van der Waals surface area contributed by atoms with Gasteiger partial charge in [0.15, 0.2) is 0 Å². The summed E-state index contributed by atoms with van der Waals surface area (Å²) in [7, 11) is -3.76. The molecule has 32 heavy (non-hydrogen) atoms. The van der Waals surface area contributed by atoms with Gasteiger partial charge < -0.3 is 9.80 Å². The summed E-state index contributed by atoms with van der Waals surface area (Å²) in [4.78, 5) is 21.2. The van der Waals surface area contributed by atoms with E-state index < -0.39 is 10.0 Å². The van der Waals surface area contributed by atoms with Crippen LogP contribution in [0.15, 0.2) is 41.4 Å². The third-order valence-corrected chi connectivity index (χ3v) is 8.66. The summed E-state index contributed by atoms with van der Waals surface area (Å²) in [5.74, 6) is 0.791. The second-order valence-corrected chi connectivity index (χ2v) is 11.1. The number of amides is 1. The predicted molar refractivity (Wildman–Crippen MR) is 126 cm³/mol. The first kappa shape index (κ1) is 23.3. The number of benzene rings is 1. The number of sulfonamides is 1. The van der Waals surface area contributed by atoms with E-state index in [0.29, 0.717) is 61.6 Å². The van der Waals surface area contributed by atoms with Crippen LogP contribution in [0.4, 0.5) is 5.82 Å². The van der Waals surface area contributed by atoms with Gasteiger partial charge in [-0.1, -0.05) is 30.1 Å². The summed E-state index contributed by atoms with van der Waals surface area (Å²) in [6, 6.07) is 8.08. The van der Waals surface area contributed by atoms with Crippen LogP contribution < -0.4 is 4.90 Å². The molecule has 2 aliphatic heterocycles. The smallest absolute Gasteiger partial charge is 0.254 e. The Labute approximate surface area is 199 Å². The number of hydrogen-bond acceptors (Lipinski definition) is 5. The van der Waals surface area contributed by atoms with Crippen LogP contribution in [0.1, 0.15) is 30.1 Å². The largest absolute Gasteiger partial charge is 0.352 e. The SMILES string of the molecule is CC1CCCN(S(=O)(=O)c2cc(C(=O)N3CCN(c4ncccc4Cl)CC3)ccc2Cl)C1. The Morgan fingerprint density at radius 1 is 1.06 bits per heavy atom. The lowest BCUT2D eigenvalue weighted by Crippen LogP contribution is -2.49. The molecule has 2 aliphatic rings. The van der Waals surface area contributed by atoms with Gasteiger partial charge >= 0.3 is 0 Å². The Morgan fingerprint density at radius 2 is 1.81 bits per heavy atom. The summed E-state index contributed by atoms with van der Waals surface area (Å²) >= 11 is 12.5. The van der Waals surface area contributed by atoms with Crippen molar-refractivity contribution in [3.63, 3.8) is 0 Å². The summed E-state index contributed by atoms with van der Waals surface area (Å²) < 4.78 is 27.9. The molecule has 0 bridgehead atoms. The van der Waals surface area contributed by atoms with Crippen LogP contribution in [0.2, 0.25) is 10.0 Å². The number of anilines is 1. The summed E-state index contributed by atoms with van der Waals surface area (Å²) in [5.41, 5.74) is 0.322. The minimum Gasteiger partial charge on any atom is -0.352 e. The first-order valence-electron chi connectivity index (χ1n) is 10.7. The molecule has 1 aromatic heterocycles. The monoisotopic (exact) mass is 496 g/mol. The average Bonchev–Trinajstić information content (AvgIpc) is 2.79. The highest BCUT2D eigenvalue weighted by molar-refractivity contribution is 7.89. The van der Waals surface area contributed by atoms with Crippen LogP contribution in [-0.2, 0) is 10.0 Å². The normalized spacial score (nSPS) is 20.4. The number of piperazine rings is 1. The predicted octanol–water partition coefficient (Wildman–Crippen LogP) is 3.77. The minimum absolute atomic E-state index is 0.00183. The first-order valence-corrected chi connectivity index (χ1v) is 12.9. The van der Waals surface area contributed by atoms with Gasteiger partial charge in [-0.2, -0.15) is 4.31 Å². The quantitative estimate of drug-likeness (QED) is 0.643. The summed E-state index contributed by atoms with van der Waals surface area (Å²) in [5, 5.41) is 0.709. The minimum atomic E-state index is -3.76. The molecule has 1 unspecified atom stereocenters. The van der Waals surface area contributed by atoms with Crippen LogP contribution in [0.25, 0.3) is 0 Å². The Kier molecular flexibility index (Phi) is 6.95. The molecule has 0 N–H and O–H groups in total. The number of piperidine rings is 1. The fraction of sp³-hybridized carbons (Fsp3) is 0.455. The maximum atomic E-state index is 13.2. The van der Waals surface area contributed by atoms with Crippen molar-refractivity contribution in [3.8, 4) is 0 Å². The van der Waals surface area contributed by atoms with E-state index in [4.69, 9.17) is 23.2 Å². The molecule has 2 aromatic rings. The van der Waals surface area contributed by atoms with Crippen LogP contribution in [-0.4, -0.2) is 67.8 Å². The molecule has 172 valence electrons. The maximum absolute atomic E-state index is 13.2. The van der Waals surface area contributed by atoms with E-state index in [1.165, 1.54) is 16.4 Å². The number of nitrogens with zero attached hydrogens (tertiary/aromatic N) is 4. The molecule has 4 rings (SSSR count). The lowest BCUT2D eigenvalue weighted by molar-refractivity contribution is 0.0746. The van der Waals surface area contributed by atoms with Crippen LogP contribution >= 0.6 is 23.2 Å². The molecule has 0 saturated carbocycles. The topological polar surface area (TPSA) is 73.8 Å². The van der Waals surface area contributed by atoms with Crippen molar-refractivity contribution < 1.29 is 13.2 Å². The van der Waals surface area contributed by atoms with Crippen LogP contribution in [0, 0.1) is 5.92 Å². The maximum Gasteiger partial charge on any atom is 0.254 e. The van der Waals surface area contributed by atoms with Gasteiger partial charge in [0.05, 0.1) is 10.0 Å². The van der Waals surface area contributed by atoms with Gasteiger partial charge in [0.25, 0.3) is 5.91 Å². The van der Waals surface area contributed by atoms with E-state index in [9.17, 15) is 13.2 Å². The zero-order valence-electron chi connectivity index (χ0n) is 17.9. The first-order chi connectivity index (χ1) is 15.3. The lowest BCUT2D eigenvalue weighted by Gasteiger charge is -2.35. The number of rotatable bonds is 4. The van der Waals surface area contributed by atoms with Crippen molar-refractivity contribution in [3.05, 3.63) is 52.1 Å². The van der Waals surface area contributed by atoms with Gasteiger partial charge in [0.1, 0.15) is 10.7 Å². The number of aromatic nitrogens is 1. The number of pyridine rings is 1. The average molecular weight is 497 g/mol. The molecule has 10 heteroatoms. The highest BCUT2D eigenvalue weighted by atomic mass is 35.5. The lowest BCUT2D eigenvalue weighted by atomic mass is 10.0. The number of carbonyl (C=O) groups is 1. The molecule has 1 atom stereocenters. The van der Waals surface area contributed by atoms with E-state index in [2.05, 4.69) is 4.98 Å². The second kappa shape index (κ2) is 9.55. The Morgan fingerprint density at radius 3 is 2.50 bits per heavy atom. The van der Waals surface area contributed by atoms with Gasteiger partial charge in [0, 0.05) is 51.0 Å². The van der Waals surface area contributed by atoms with Crippen LogP contribution in [0.3, 0.4) is 0 Å². The molecule has 2 saturated heterocycles. The van der Waals surface area contributed by atoms with Gasteiger partial charge in [-0.25, -0.2) is 13.4 Å². The zero-order chi connectivity index (χ0) is 22.9. The van der Waals surface area contributed by atoms with E-state index >= 15 is 0 Å². The summed E-state index contributed by atoms with van der Waals surface area (Å²) in [6.07, 6.45) is 3.52. The second-order valence-electron chi connectivity index (χ2n) is 8.34. The molecule has 0 spiro atoms. The van der Waals surface area contributed by atoms with E-state index in [1.54, 1.807) is 29.3 Å². The van der Waals surface area contributed by atoms with Gasteiger partial charge in [-0.05, 0) is 49.1 Å². The molecular formula is C22H26Cl2N4O3S. The molecular weight excluding hydrogens is 471 g/mol. The molecule has 0 aliphatic carbocycles. The van der Waals surface area contributed by atoms with Gasteiger partial charge in [-0.15, -0.1) is 0 Å². The molecule has 2 fully saturated rings. The Balaban J connectivity index is 1.50. The van der Waals surface area contributed by atoms with Crippen LogP contribution in [0.5, 0.6) is 0 Å². The molecule has 7 nitrogen and oxygen atoms in total. The Hall–Kier alpha value is -1.87. The fourth-order valence-electron chi connectivity index (χ4n) is 4.25. The number of halogens is 2. The number of carbonyl (C=O) groups excluding carboxylic acids is 1. The fourth-order valence-corrected chi connectivity index (χ4v) is 6.59. The van der Waals surface area contributed by atoms with E-state index in [0.717, 1.165) is 12.8 Å². The highest BCUT2D eigenvalue weighted by Gasteiger charge is 2.32. The standard InChI is InChI=1S/C22H26Cl2N4O3S/c1-16-4-3-9-28(15-16)32(30,31)20-14-17(6-7-18(20)23)22(29)27-12-10-26(11-13-27)21-19(24)5-2-8-25-21/h2,5-8,14,16H,3-4,9-13,15H2,1H3. The van der Waals surface area contributed by atoms with Crippen molar-refractivity contribution >= 4 is 45.0 Å². The third-order valence-electron chi connectivity index (χ3n) is 6.02. The van der Waals surface area contributed by atoms with E-state index in [1.807, 2.05) is 11.8 Å². The summed E-state index contributed by atoms with van der Waals surface area (Å²) in [6.45, 7) is 5.13. The highest BCUT2D eigenvalue weighted by Crippen LogP contribution is 2.30. The Bertz CT molecular complexity index is 1100. The van der Waals surface area contributed by atoms with Crippen molar-refractivity contribution in [2.24, 2.45) is 5.92 Å². The molecule has 3 heterocycles. The molecule has 0 radical (unpaired) electrons. The van der Waals surface area contributed by atoms with Crippen molar-refractivity contribution in [2.45, 2.75) is 24.7 Å². The third kappa shape index (κ3) is 4.73. The van der Waals surface area contributed by atoms with Gasteiger partial charge in [-0.3, -0.25) is 4.79 Å². The molecule has 1 aromatic carbocycles. The van der Waals surface area contributed by atoms with Crippen molar-refractivity contribution in [1.82, 2.24) is 14.2 Å². The van der Waals surface area contributed by atoms with Gasteiger partial charge in [0.2, 0.25) is 10.0 Å². The van der Waals surface area contributed by atoms with Crippen molar-refractivity contribution in [1.29, 1.82) is 0 Å². The van der Waals surface area contributed by atoms with E-state index in [-0.39, 0.29) is 15.8 Å². The van der Waals surface area contributed by atoms with Crippen molar-refractivity contribution in [2.75, 3.05) is 44.2 Å². The molecule has 1 amide bonds.